The van der Waals surface area contributed by atoms with Crippen molar-refractivity contribution in [3.8, 4) is 17.2 Å². The number of allylic oxidation sites excluding steroid dienone is 5. The molecule has 10 rings (SSSR count). The lowest BCUT2D eigenvalue weighted by molar-refractivity contribution is -0.420. The number of ether oxygens (including phenoxy) is 3. The number of hydrogen-bond donors (Lipinski definition) is 14. The number of nitrogens with two attached hydrogens (primary N) is 3. The van der Waals surface area contributed by atoms with Gasteiger partial charge >= 0.3 is 0 Å². The van der Waals surface area contributed by atoms with Crippen molar-refractivity contribution < 1.29 is 74.2 Å². The van der Waals surface area contributed by atoms with Crippen LogP contribution in [0.1, 0.15) is 91.7 Å². The summed E-state index contributed by atoms with van der Waals surface area (Å²) in [5, 5.41) is 103. The van der Waals surface area contributed by atoms with Crippen molar-refractivity contribution in [3.63, 3.8) is 0 Å². The summed E-state index contributed by atoms with van der Waals surface area (Å²) in [4.78, 5) is 61.9. The number of rotatable bonds is 14. The van der Waals surface area contributed by atoms with Crippen LogP contribution in [0, 0.1) is 23.2 Å². The first-order chi connectivity index (χ1) is 36.3. The molecule has 23 heteroatoms. The van der Waals surface area contributed by atoms with Gasteiger partial charge in [0.05, 0.1) is 42.9 Å². The Morgan fingerprint density at radius 1 is 1.01 bits per heavy atom. The summed E-state index contributed by atoms with van der Waals surface area (Å²) in [6.07, 6.45) is 8.09. The number of guanidine groups is 1. The fraction of sp³-hybridized carbons (Fsp3) is 0.453. The second-order valence-corrected chi connectivity index (χ2v) is 20.5. The average Bonchev–Trinajstić information content (AvgIpc) is 4.11. The summed E-state index contributed by atoms with van der Waals surface area (Å²) in [7, 11) is 2.71. The van der Waals surface area contributed by atoms with Gasteiger partial charge in [-0.05, 0) is 78.4 Å². The third-order valence-electron chi connectivity index (χ3n) is 16.7. The molecule has 0 radical (unpaired) electrons. The lowest BCUT2D eigenvalue weighted by Crippen LogP contribution is -2.75. The molecule has 4 heterocycles. The van der Waals surface area contributed by atoms with Crippen LogP contribution in [-0.4, -0.2) is 152 Å². The molecule has 2 amide bonds. The van der Waals surface area contributed by atoms with Crippen molar-refractivity contribution in [2.75, 3.05) is 40.5 Å². The molecule has 4 aliphatic carbocycles. The van der Waals surface area contributed by atoms with Crippen LogP contribution in [-0.2, 0) is 27.4 Å². The molecule has 23 nitrogen and oxygen atoms in total. The molecular formula is C53H62N8O15. The maximum Gasteiger partial charge on any atom is 0.253 e. The number of imide groups is 1. The second-order valence-electron chi connectivity index (χ2n) is 20.5. The molecule has 0 spiro atoms. The van der Waals surface area contributed by atoms with Crippen molar-refractivity contribution in [1.82, 2.24) is 20.9 Å². The van der Waals surface area contributed by atoms with Gasteiger partial charge in [-0.2, -0.15) is 0 Å². The topological polar surface area (TPSA) is 388 Å². The Morgan fingerprint density at radius 3 is 2.39 bits per heavy atom. The molecule has 4 aliphatic heterocycles. The van der Waals surface area contributed by atoms with Gasteiger partial charge in [-0.15, -0.1) is 0 Å². The van der Waals surface area contributed by atoms with Gasteiger partial charge in [-0.3, -0.25) is 29.1 Å². The molecule has 1 unspecified atom stereocenters. The highest BCUT2D eigenvalue weighted by Gasteiger charge is 2.65. The maximum atomic E-state index is 15.7. The minimum absolute atomic E-state index is 0.0334. The Bertz CT molecular complexity index is 3020. The summed E-state index contributed by atoms with van der Waals surface area (Å²) in [6.45, 7) is -2.69. The summed E-state index contributed by atoms with van der Waals surface area (Å²) >= 11 is 0. The molecular weight excluding hydrogens is 989 g/mol. The van der Waals surface area contributed by atoms with E-state index in [1.165, 1.54) is 20.2 Å². The minimum atomic E-state index is -3.21. The number of aliphatic imine (C=N–C) groups is 1. The Morgan fingerprint density at radius 2 is 1.75 bits per heavy atom. The van der Waals surface area contributed by atoms with E-state index in [0.29, 0.717) is 41.5 Å². The van der Waals surface area contributed by atoms with Gasteiger partial charge < -0.3 is 88.2 Å². The highest BCUT2D eigenvalue weighted by atomic mass is 16.8. The number of nitrogens with zero attached hydrogens (tertiary/aromatic N) is 2. The van der Waals surface area contributed by atoms with Crippen molar-refractivity contribution >= 4 is 29.3 Å². The van der Waals surface area contributed by atoms with E-state index in [1.807, 2.05) is 18.4 Å². The fourth-order valence-corrected chi connectivity index (χ4v) is 13.2. The second kappa shape index (κ2) is 19.6. The van der Waals surface area contributed by atoms with E-state index in [1.54, 1.807) is 6.08 Å². The number of aromatic hydroxyl groups is 1. The van der Waals surface area contributed by atoms with E-state index in [-0.39, 0.29) is 65.6 Å². The van der Waals surface area contributed by atoms with E-state index in [2.05, 4.69) is 33.1 Å². The summed E-state index contributed by atoms with van der Waals surface area (Å²) in [5.41, 5.74) is 15.8. The monoisotopic (exact) mass is 1050 g/mol. The molecule has 8 aliphatic rings. The van der Waals surface area contributed by atoms with E-state index in [9.17, 15) is 50.4 Å². The van der Waals surface area contributed by atoms with Crippen molar-refractivity contribution in [2.45, 2.75) is 86.7 Å². The molecule has 0 saturated carbocycles. The summed E-state index contributed by atoms with van der Waals surface area (Å²) in [6, 6.07) is 0.344. The van der Waals surface area contributed by atoms with Gasteiger partial charge in [0.2, 0.25) is 17.9 Å². The molecule has 0 bridgehead atoms. The SMILES string of the molecule is CN=C(N)N[C@H]1C[C@@H]2C=C[C@@]3(C4=CNC(N)C=C4)[C@H](CCO)CCc4c5c(c(O)c1c4[C@H]23)C(=O)c1c(O[C@@H]2O[C@](O)(CO)[C@](O)(C[C@H](CN3C(=O)C=CC3=O)C3=CCNC(N)=C3)[C@H](O)[C@H]2O)cc(OC)c(CO)c1C5=O. The maximum absolute atomic E-state index is 15.7. The largest absolute Gasteiger partial charge is 0.507 e. The molecule has 12 atom stereocenters. The van der Waals surface area contributed by atoms with Crippen molar-refractivity contribution in [1.29, 1.82) is 0 Å². The molecule has 1 fully saturated rings. The van der Waals surface area contributed by atoms with Gasteiger partial charge in [-0.25, -0.2) is 0 Å². The predicted octanol–water partition coefficient (Wildman–Crippen LogP) is -1.69. The Hall–Kier alpha value is -6.93. The third kappa shape index (κ3) is 7.94. The zero-order valence-electron chi connectivity index (χ0n) is 41.6. The number of aliphatic hydroxyl groups excluding tert-OH is 5. The number of phenols is 1. The summed E-state index contributed by atoms with van der Waals surface area (Å²) in [5.74, 6) is -9.44. The van der Waals surface area contributed by atoms with Gasteiger partial charge in [0.15, 0.2) is 11.7 Å². The number of benzene rings is 2. The number of hydrogen-bond acceptors (Lipinski definition) is 20. The number of ketones is 2. The first-order valence-corrected chi connectivity index (χ1v) is 25.1. The highest BCUT2D eigenvalue weighted by Crippen LogP contribution is 2.67. The minimum Gasteiger partial charge on any atom is -0.507 e. The van der Waals surface area contributed by atoms with Crippen LogP contribution in [0.4, 0.5) is 0 Å². The van der Waals surface area contributed by atoms with Gasteiger partial charge in [0.25, 0.3) is 11.8 Å². The smallest absolute Gasteiger partial charge is 0.253 e. The molecule has 2 aromatic carbocycles. The molecule has 2 aromatic rings. The highest BCUT2D eigenvalue weighted by molar-refractivity contribution is 6.31. The zero-order valence-corrected chi connectivity index (χ0v) is 41.6. The van der Waals surface area contributed by atoms with Crippen LogP contribution in [0.5, 0.6) is 17.2 Å². The van der Waals surface area contributed by atoms with Crippen LogP contribution in [0.15, 0.2) is 82.8 Å². The fourth-order valence-electron chi connectivity index (χ4n) is 13.2. The van der Waals surface area contributed by atoms with Crippen molar-refractivity contribution in [3.05, 3.63) is 122 Å². The number of carbonyl (C=O) groups is 4. The first kappa shape index (κ1) is 52.5. The number of methoxy groups -OCH3 is 1. The van der Waals surface area contributed by atoms with Crippen LogP contribution in [0.3, 0.4) is 0 Å². The lowest BCUT2D eigenvalue weighted by atomic mass is 9.56. The molecule has 0 aromatic heterocycles. The van der Waals surface area contributed by atoms with E-state index >= 15 is 9.59 Å². The van der Waals surface area contributed by atoms with E-state index in [4.69, 9.17) is 31.4 Å². The number of amides is 2. The Balaban J connectivity index is 1.09. The van der Waals surface area contributed by atoms with Gasteiger partial charge in [0.1, 0.15) is 41.7 Å². The molecule has 76 heavy (non-hydrogen) atoms. The van der Waals surface area contributed by atoms with E-state index < -0.39 is 132 Å². The normalized spacial score (nSPS) is 32.6. The standard InChI is InChI=1S/C53H62N8O15/c1-57-50(56)60-30-15-24-9-12-51(27-4-6-33(54)59-19-27)26(11-14-62)3-5-28-37(43(24)51)40(30)45(68)42-38(28)44(67)39-29(21-63)31(74-2)17-32(41(39)46(42)69)75-49-47(70)48(71)52(72,53(73,22-64)76-49)18-25(23-10-13-58-34(55)16-23)20-61-35(65)7-8-36(61)66/h4,6-10,12,16-17,19,24-26,30,33,43,47-49,58-59,62-64,68,70-73H,3,5,11,13-15,18,20-22,54-55H2,1-2H3,(H3,56,57,60)/t24-,25+,26-,30-,33?,43-,47+,48+,49+,51-,52-,53+/m0/s1. The third-order valence-corrected chi connectivity index (χ3v) is 16.7. The Labute approximate surface area is 435 Å². The van der Waals surface area contributed by atoms with Crippen LogP contribution in [0.25, 0.3) is 0 Å². The number of aliphatic hydroxyl groups is 7. The van der Waals surface area contributed by atoms with Crippen LogP contribution >= 0.6 is 0 Å². The molecule has 404 valence electrons. The number of fused-ring (bicyclic) bond motifs is 3. The van der Waals surface area contributed by atoms with Crippen LogP contribution < -0.4 is 42.6 Å². The number of dihydropyridines is 2. The molecule has 1 saturated heterocycles. The number of phenolic OH excluding ortho intramolecular Hbond substituents is 1. The first-order valence-electron chi connectivity index (χ1n) is 25.1. The lowest BCUT2D eigenvalue weighted by Gasteiger charge is -2.53. The number of nitrogens with one attached hydrogen (secondary N) is 3. The van der Waals surface area contributed by atoms with Gasteiger partial charge in [0, 0.05) is 90.7 Å². The zero-order chi connectivity index (χ0) is 54.3. The molecule has 17 N–H and O–H groups in total. The quantitative estimate of drug-likeness (QED) is 0.0371. The Kier molecular flexibility index (Phi) is 13.5. The van der Waals surface area contributed by atoms with Gasteiger partial charge in [-0.1, -0.05) is 24.3 Å². The average molecular weight is 1050 g/mol. The van der Waals surface area contributed by atoms with Crippen molar-refractivity contribution in [2.24, 2.45) is 45.4 Å². The van der Waals surface area contributed by atoms with Crippen LogP contribution in [0.2, 0.25) is 0 Å². The van der Waals surface area contributed by atoms with E-state index in [0.717, 1.165) is 28.7 Å². The number of carbonyl (C=O) groups excluding carboxylic acids is 4. The summed E-state index contributed by atoms with van der Waals surface area (Å²) < 4.78 is 17.7. The predicted molar refractivity (Wildman–Crippen MR) is 268 cm³/mol.